The van der Waals surface area contributed by atoms with Crippen molar-refractivity contribution in [2.24, 2.45) is 0 Å². The Kier molecular flexibility index (Phi) is 10.5. The van der Waals surface area contributed by atoms with Crippen molar-refractivity contribution in [1.29, 1.82) is 0 Å². The lowest BCUT2D eigenvalue weighted by Gasteiger charge is -2.33. The van der Waals surface area contributed by atoms with Crippen LogP contribution >= 0.6 is 11.6 Å². The maximum absolute atomic E-state index is 14.1. The molecular formula is C28H30ClFN4O7S. The number of sulfonamides is 1. The van der Waals surface area contributed by atoms with Crippen LogP contribution in [0.4, 0.5) is 15.8 Å². The third-order valence-corrected chi connectivity index (χ3v) is 8.54. The number of rotatable bonds is 12. The number of amides is 2. The van der Waals surface area contributed by atoms with E-state index in [0.29, 0.717) is 5.56 Å². The number of likely N-dealkylation sites (N-methyl/N-ethyl adjacent to an activating group) is 1. The molecule has 3 aromatic carbocycles. The van der Waals surface area contributed by atoms with E-state index in [1.165, 1.54) is 80.6 Å². The number of methoxy groups -OCH3 is 1. The number of nitrogens with one attached hydrogen (secondary N) is 1. The highest BCUT2D eigenvalue weighted by Crippen LogP contribution is 2.36. The van der Waals surface area contributed by atoms with Gasteiger partial charge in [0.05, 0.1) is 22.6 Å². The van der Waals surface area contributed by atoms with E-state index in [1.807, 2.05) is 0 Å². The maximum Gasteiger partial charge on any atom is 0.273 e. The summed E-state index contributed by atoms with van der Waals surface area (Å²) in [6.45, 7) is 2.19. The molecule has 3 rings (SSSR count). The first-order valence-electron chi connectivity index (χ1n) is 12.7. The molecule has 11 nitrogen and oxygen atoms in total. The molecule has 0 radical (unpaired) electrons. The van der Waals surface area contributed by atoms with Crippen LogP contribution in [-0.2, 0) is 26.2 Å². The summed E-state index contributed by atoms with van der Waals surface area (Å²) in [5, 5.41) is 14.2. The Labute approximate surface area is 248 Å². The predicted octanol–water partition coefficient (Wildman–Crippen LogP) is 4.45. The Morgan fingerprint density at radius 1 is 1.12 bits per heavy atom. The molecule has 0 aliphatic heterocycles. The topological polar surface area (TPSA) is 139 Å². The molecule has 0 fully saturated rings. The van der Waals surface area contributed by atoms with Crippen LogP contribution in [0, 0.1) is 22.9 Å². The highest BCUT2D eigenvalue weighted by atomic mass is 35.5. The number of anilines is 1. The van der Waals surface area contributed by atoms with E-state index >= 15 is 0 Å². The third-order valence-electron chi connectivity index (χ3n) is 6.55. The van der Waals surface area contributed by atoms with E-state index in [0.717, 1.165) is 10.4 Å². The highest BCUT2D eigenvalue weighted by Gasteiger charge is 2.35. The normalized spacial score (nSPS) is 11.9. The number of aryl methyl sites for hydroxylation is 1. The average molecular weight is 621 g/mol. The molecule has 3 aromatic rings. The first kappa shape index (κ1) is 32.3. The van der Waals surface area contributed by atoms with Gasteiger partial charge in [0, 0.05) is 30.2 Å². The monoisotopic (exact) mass is 620 g/mol. The predicted molar refractivity (Wildman–Crippen MR) is 155 cm³/mol. The van der Waals surface area contributed by atoms with Crippen LogP contribution in [0.1, 0.15) is 24.5 Å². The summed E-state index contributed by atoms with van der Waals surface area (Å²) in [6, 6.07) is 11.9. The Balaban J connectivity index is 2.18. The number of hydrogen-bond acceptors (Lipinski definition) is 7. The fraction of sp³-hybridized carbons (Fsp3) is 0.286. The van der Waals surface area contributed by atoms with E-state index in [2.05, 4.69) is 5.32 Å². The van der Waals surface area contributed by atoms with Crippen molar-refractivity contribution in [3.05, 3.63) is 92.7 Å². The van der Waals surface area contributed by atoms with Gasteiger partial charge >= 0.3 is 0 Å². The van der Waals surface area contributed by atoms with Gasteiger partial charge in [0.15, 0.2) is 0 Å². The Morgan fingerprint density at radius 3 is 2.36 bits per heavy atom. The van der Waals surface area contributed by atoms with Crippen LogP contribution < -0.4 is 14.4 Å². The van der Waals surface area contributed by atoms with E-state index in [1.54, 1.807) is 6.92 Å². The lowest BCUT2D eigenvalue weighted by Crippen LogP contribution is -2.51. The van der Waals surface area contributed by atoms with E-state index in [4.69, 9.17) is 16.3 Å². The highest BCUT2D eigenvalue weighted by molar-refractivity contribution is 7.92. The van der Waals surface area contributed by atoms with E-state index < -0.39 is 55.7 Å². The minimum absolute atomic E-state index is 0.0563. The number of carbonyl (C=O) groups excluding carboxylic acids is 2. The van der Waals surface area contributed by atoms with Gasteiger partial charge in [-0.25, -0.2) is 12.8 Å². The zero-order chi connectivity index (χ0) is 31.2. The van der Waals surface area contributed by atoms with Crippen molar-refractivity contribution in [2.45, 2.75) is 37.8 Å². The summed E-state index contributed by atoms with van der Waals surface area (Å²) in [7, 11) is -1.94. The summed E-state index contributed by atoms with van der Waals surface area (Å²) in [6.07, 6.45) is 0.185. The van der Waals surface area contributed by atoms with E-state index in [9.17, 15) is 32.5 Å². The molecule has 0 saturated carbocycles. The van der Waals surface area contributed by atoms with E-state index in [-0.39, 0.29) is 35.0 Å². The first-order chi connectivity index (χ1) is 19.8. The number of benzene rings is 3. The molecule has 0 aromatic heterocycles. The Bertz CT molecular complexity index is 1590. The largest absolute Gasteiger partial charge is 0.495 e. The minimum Gasteiger partial charge on any atom is -0.495 e. The van der Waals surface area contributed by atoms with Crippen molar-refractivity contribution in [2.75, 3.05) is 25.0 Å². The second-order valence-corrected chi connectivity index (χ2v) is 11.5. The first-order valence-corrected chi connectivity index (χ1v) is 14.5. The number of carbonyl (C=O) groups is 2. The third kappa shape index (κ3) is 7.15. The maximum atomic E-state index is 14.1. The second-order valence-electron chi connectivity index (χ2n) is 9.22. The molecule has 0 unspecified atom stereocenters. The summed E-state index contributed by atoms with van der Waals surface area (Å²) < 4.78 is 47.9. The standard InChI is InChI=1S/C28H30ClFN4O7S/c1-5-23(28(36)31-3)32(16-19-7-10-21(30)11-8-19)27(35)17-33(25-14-20(29)9-13-26(25)41-4)42(39,40)22-12-6-18(2)24(15-22)34(37)38/h6-15,23H,5,16-17H2,1-4H3,(H,31,36)/t23-/m1/s1. The van der Waals surface area contributed by atoms with Gasteiger partial charge in [-0.15, -0.1) is 0 Å². The molecule has 0 spiro atoms. The quantitative estimate of drug-likeness (QED) is 0.233. The molecular weight excluding hydrogens is 591 g/mol. The van der Waals surface area contributed by atoms with Crippen molar-refractivity contribution < 1.29 is 32.1 Å². The number of halogens is 2. The summed E-state index contributed by atoms with van der Waals surface area (Å²) in [4.78, 5) is 38.4. The van der Waals surface area contributed by atoms with Gasteiger partial charge < -0.3 is 15.0 Å². The number of hydrogen-bond donors (Lipinski definition) is 1. The van der Waals surface area contributed by atoms with Crippen LogP contribution in [-0.4, -0.2) is 56.8 Å². The molecule has 0 bridgehead atoms. The zero-order valence-electron chi connectivity index (χ0n) is 23.3. The Hall–Kier alpha value is -4.23. The van der Waals surface area contributed by atoms with Gasteiger partial charge in [-0.05, 0) is 55.3 Å². The number of nitro benzene ring substituents is 1. The van der Waals surface area contributed by atoms with Gasteiger partial charge in [-0.2, -0.15) is 0 Å². The Morgan fingerprint density at radius 2 is 1.79 bits per heavy atom. The summed E-state index contributed by atoms with van der Waals surface area (Å²) >= 11 is 6.21. The molecule has 0 saturated heterocycles. The van der Waals surface area contributed by atoms with Crippen molar-refractivity contribution >= 4 is 44.8 Å². The molecule has 42 heavy (non-hydrogen) atoms. The minimum atomic E-state index is -4.65. The molecule has 1 N–H and O–H groups in total. The number of nitro groups is 1. The molecule has 2 amide bonds. The molecule has 0 heterocycles. The van der Waals surface area contributed by atoms with Crippen LogP contribution in [0.2, 0.25) is 5.02 Å². The van der Waals surface area contributed by atoms with Crippen molar-refractivity contribution in [3.63, 3.8) is 0 Å². The van der Waals surface area contributed by atoms with Crippen LogP contribution in [0.3, 0.4) is 0 Å². The fourth-order valence-corrected chi connectivity index (χ4v) is 5.92. The van der Waals surface area contributed by atoms with Crippen molar-refractivity contribution in [1.82, 2.24) is 10.2 Å². The molecule has 0 aliphatic carbocycles. The van der Waals surface area contributed by atoms with Gasteiger partial charge in [0.25, 0.3) is 15.7 Å². The lowest BCUT2D eigenvalue weighted by molar-refractivity contribution is -0.385. The lowest BCUT2D eigenvalue weighted by atomic mass is 10.1. The zero-order valence-corrected chi connectivity index (χ0v) is 24.9. The number of nitrogens with zero attached hydrogens (tertiary/aromatic N) is 3. The van der Waals surface area contributed by atoms with Crippen LogP contribution in [0.15, 0.2) is 65.6 Å². The fourth-order valence-electron chi connectivity index (χ4n) is 4.32. The molecule has 224 valence electrons. The smallest absolute Gasteiger partial charge is 0.273 e. The molecule has 0 aliphatic rings. The van der Waals surface area contributed by atoms with Gasteiger partial charge in [0.1, 0.15) is 24.2 Å². The average Bonchev–Trinajstić information content (AvgIpc) is 2.96. The summed E-state index contributed by atoms with van der Waals surface area (Å²) in [5.74, 6) is -1.70. The van der Waals surface area contributed by atoms with Crippen molar-refractivity contribution in [3.8, 4) is 5.75 Å². The summed E-state index contributed by atoms with van der Waals surface area (Å²) in [5.41, 5.74) is 0.208. The van der Waals surface area contributed by atoms with Gasteiger partial charge in [-0.1, -0.05) is 36.7 Å². The number of ether oxygens (including phenoxy) is 1. The van der Waals surface area contributed by atoms with Gasteiger partial charge in [0.2, 0.25) is 11.8 Å². The second kappa shape index (κ2) is 13.6. The van der Waals surface area contributed by atoms with Crippen LogP contribution in [0.25, 0.3) is 0 Å². The molecule has 1 atom stereocenters. The molecule has 14 heteroatoms. The van der Waals surface area contributed by atoms with Gasteiger partial charge in [-0.3, -0.25) is 24.0 Å². The van der Waals surface area contributed by atoms with Crippen LogP contribution in [0.5, 0.6) is 5.75 Å². The SMILES string of the molecule is CC[C@H](C(=O)NC)N(Cc1ccc(F)cc1)C(=O)CN(c1cc(Cl)ccc1OC)S(=O)(=O)c1ccc(C)c([N+](=O)[O-])c1.